The van der Waals surface area contributed by atoms with Crippen molar-refractivity contribution >= 4 is 27.5 Å². The number of nitrogens with zero attached hydrogens (tertiary/aromatic N) is 2. The monoisotopic (exact) mass is 220 g/mol. The van der Waals surface area contributed by atoms with Gasteiger partial charge in [0, 0.05) is 5.56 Å². The quantitative estimate of drug-likeness (QED) is 0.801. The molecule has 1 aromatic heterocycles. The Hall–Kier alpha value is -1.95. The van der Waals surface area contributed by atoms with Crippen LogP contribution in [0.5, 0.6) is 0 Å². The van der Waals surface area contributed by atoms with Gasteiger partial charge in [0.15, 0.2) is 0 Å². The molecule has 0 radical (unpaired) electrons. The van der Waals surface area contributed by atoms with E-state index >= 15 is 0 Å². The van der Waals surface area contributed by atoms with Crippen LogP contribution in [0, 0.1) is 0 Å². The van der Waals surface area contributed by atoms with E-state index in [-0.39, 0.29) is 5.91 Å². The van der Waals surface area contributed by atoms with E-state index in [1.165, 1.54) is 0 Å². The van der Waals surface area contributed by atoms with Gasteiger partial charge in [-0.05, 0) is 12.1 Å². The third-order valence-corrected chi connectivity index (χ3v) is 2.36. The summed E-state index contributed by atoms with van der Waals surface area (Å²) in [7, 11) is 0. The Labute approximate surface area is 90.0 Å². The van der Waals surface area contributed by atoms with Crippen LogP contribution in [0.4, 0.5) is 10.3 Å². The lowest BCUT2D eigenvalue weighted by Crippen LogP contribution is -2.11. The molecule has 0 saturated heterocycles. The Bertz CT molecular complexity index is 468. The number of nitrogens with one attached hydrogen (secondary N) is 1. The second kappa shape index (κ2) is 4.05. The minimum Gasteiger partial charge on any atom is -0.374 e. The molecule has 0 aliphatic carbocycles. The molecule has 0 bridgehead atoms. The highest BCUT2D eigenvalue weighted by atomic mass is 32.1. The number of nitrogen functional groups attached to an aromatic ring is 1. The number of aromatic nitrogens is 2. The van der Waals surface area contributed by atoms with Crippen LogP contribution in [0.3, 0.4) is 0 Å². The van der Waals surface area contributed by atoms with Crippen molar-refractivity contribution in [2.75, 3.05) is 11.1 Å². The average molecular weight is 220 g/mol. The normalized spacial score (nSPS) is 9.87. The van der Waals surface area contributed by atoms with E-state index < -0.39 is 0 Å². The molecule has 2 rings (SSSR count). The van der Waals surface area contributed by atoms with Gasteiger partial charge in [0.2, 0.25) is 10.3 Å². The minimum atomic E-state index is -0.216. The highest BCUT2D eigenvalue weighted by molar-refractivity contribution is 7.19. The summed E-state index contributed by atoms with van der Waals surface area (Å²) in [5, 5.41) is 10.6. The maximum absolute atomic E-state index is 11.6. The van der Waals surface area contributed by atoms with Crippen molar-refractivity contribution in [3.8, 4) is 0 Å². The number of hydrogen-bond donors (Lipinski definition) is 2. The number of hydrogen-bond acceptors (Lipinski definition) is 5. The van der Waals surface area contributed by atoms with Gasteiger partial charge in [-0.1, -0.05) is 29.5 Å². The second-order valence-corrected chi connectivity index (χ2v) is 3.77. The van der Waals surface area contributed by atoms with Crippen molar-refractivity contribution in [2.24, 2.45) is 0 Å². The van der Waals surface area contributed by atoms with Crippen LogP contribution in [0.2, 0.25) is 0 Å². The van der Waals surface area contributed by atoms with Crippen molar-refractivity contribution < 1.29 is 4.79 Å². The number of benzene rings is 1. The van der Waals surface area contributed by atoms with Gasteiger partial charge in [-0.3, -0.25) is 10.1 Å². The Kier molecular flexibility index (Phi) is 2.59. The molecule has 76 valence electrons. The van der Waals surface area contributed by atoms with Gasteiger partial charge in [-0.2, -0.15) is 0 Å². The highest BCUT2D eigenvalue weighted by Crippen LogP contribution is 2.17. The van der Waals surface area contributed by atoms with Gasteiger partial charge < -0.3 is 5.73 Å². The predicted octanol–water partition coefficient (Wildman–Crippen LogP) is 1.37. The smallest absolute Gasteiger partial charge is 0.257 e. The number of amides is 1. The summed E-state index contributed by atoms with van der Waals surface area (Å²) in [6.45, 7) is 0. The molecule has 5 nitrogen and oxygen atoms in total. The molecule has 2 aromatic rings. The Morgan fingerprint density at radius 2 is 2.00 bits per heavy atom. The third-order valence-electron chi connectivity index (χ3n) is 1.70. The maximum Gasteiger partial charge on any atom is 0.257 e. The van der Waals surface area contributed by atoms with Gasteiger partial charge in [0.25, 0.3) is 5.91 Å². The molecule has 1 aromatic carbocycles. The summed E-state index contributed by atoms with van der Waals surface area (Å²) < 4.78 is 0. The standard InChI is InChI=1S/C9H8N4OS/c10-8-12-13-9(15-8)11-7(14)6-4-2-1-3-5-6/h1-5H,(H2,10,12)(H,11,13,14). The van der Waals surface area contributed by atoms with Gasteiger partial charge in [0.1, 0.15) is 0 Å². The zero-order chi connectivity index (χ0) is 10.7. The predicted molar refractivity (Wildman–Crippen MR) is 58.7 cm³/mol. The molecule has 15 heavy (non-hydrogen) atoms. The molecule has 0 spiro atoms. The van der Waals surface area contributed by atoms with Gasteiger partial charge >= 0.3 is 0 Å². The van der Waals surface area contributed by atoms with Crippen LogP contribution in [0.15, 0.2) is 30.3 Å². The first-order valence-electron chi connectivity index (χ1n) is 4.21. The summed E-state index contributed by atoms with van der Waals surface area (Å²) in [6, 6.07) is 8.88. The highest BCUT2D eigenvalue weighted by Gasteiger charge is 2.07. The zero-order valence-electron chi connectivity index (χ0n) is 7.68. The maximum atomic E-state index is 11.6. The van der Waals surface area contributed by atoms with Crippen LogP contribution in [-0.4, -0.2) is 16.1 Å². The van der Waals surface area contributed by atoms with Crippen LogP contribution < -0.4 is 11.1 Å². The van der Waals surface area contributed by atoms with Gasteiger partial charge in [-0.25, -0.2) is 0 Å². The van der Waals surface area contributed by atoms with E-state index in [2.05, 4.69) is 15.5 Å². The molecule has 3 N–H and O–H groups in total. The number of rotatable bonds is 2. The van der Waals surface area contributed by atoms with Crippen LogP contribution in [-0.2, 0) is 0 Å². The van der Waals surface area contributed by atoms with Crippen LogP contribution in [0.25, 0.3) is 0 Å². The van der Waals surface area contributed by atoms with E-state index in [0.717, 1.165) is 11.3 Å². The number of carbonyl (C=O) groups is 1. The summed E-state index contributed by atoms with van der Waals surface area (Å²) in [6.07, 6.45) is 0. The van der Waals surface area contributed by atoms with Gasteiger partial charge in [0.05, 0.1) is 0 Å². The van der Waals surface area contributed by atoms with Crippen LogP contribution >= 0.6 is 11.3 Å². The SMILES string of the molecule is Nc1nnc(NC(=O)c2ccccc2)s1. The Balaban J connectivity index is 2.11. The lowest BCUT2D eigenvalue weighted by Gasteiger charge is -1.99. The van der Waals surface area contributed by atoms with E-state index in [1.807, 2.05) is 6.07 Å². The lowest BCUT2D eigenvalue weighted by atomic mass is 10.2. The van der Waals surface area contributed by atoms with Gasteiger partial charge in [-0.15, -0.1) is 10.2 Å². The fourth-order valence-corrected chi connectivity index (χ4v) is 1.55. The first-order valence-corrected chi connectivity index (χ1v) is 5.03. The van der Waals surface area contributed by atoms with E-state index in [0.29, 0.717) is 15.8 Å². The minimum absolute atomic E-state index is 0.216. The summed E-state index contributed by atoms with van der Waals surface area (Å²) in [5.74, 6) is -0.216. The van der Waals surface area contributed by atoms with Crippen molar-refractivity contribution in [2.45, 2.75) is 0 Å². The molecule has 0 unspecified atom stereocenters. The molecule has 0 aliphatic heterocycles. The largest absolute Gasteiger partial charge is 0.374 e. The summed E-state index contributed by atoms with van der Waals surface area (Å²) in [4.78, 5) is 11.6. The Morgan fingerprint density at radius 1 is 1.27 bits per heavy atom. The topological polar surface area (TPSA) is 80.9 Å². The van der Waals surface area contributed by atoms with E-state index in [9.17, 15) is 4.79 Å². The lowest BCUT2D eigenvalue weighted by molar-refractivity contribution is 0.102. The van der Waals surface area contributed by atoms with Crippen molar-refractivity contribution in [3.63, 3.8) is 0 Å². The first-order chi connectivity index (χ1) is 7.25. The molecule has 0 aliphatic rings. The molecule has 1 heterocycles. The fraction of sp³-hybridized carbons (Fsp3) is 0. The molecule has 6 heteroatoms. The van der Waals surface area contributed by atoms with E-state index in [1.54, 1.807) is 24.3 Å². The molecular weight excluding hydrogens is 212 g/mol. The zero-order valence-corrected chi connectivity index (χ0v) is 8.49. The molecule has 0 fully saturated rings. The first kappa shape index (κ1) is 9.60. The third kappa shape index (κ3) is 2.29. The van der Waals surface area contributed by atoms with Crippen molar-refractivity contribution in [3.05, 3.63) is 35.9 Å². The van der Waals surface area contributed by atoms with Crippen molar-refractivity contribution in [1.29, 1.82) is 0 Å². The molecule has 0 atom stereocenters. The van der Waals surface area contributed by atoms with Crippen molar-refractivity contribution in [1.82, 2.24) is 10.2 Å². The molecule has 1 amide bonds. The molecular formula is C9H8N4OS. The Morgan fingerprint density at radius 3 is 2.60 bits per heavy atom. The number of nitrogens with two attached hydrogens (primary N) is 1. The molecule has 0 saturated carbocycles. The second-order valence-electron chi connectivity index (χ2n) is 2.77. The number of carbonyl (C=O) groups excluding carboxylic acids is 1. The average Bonchev–Trinajstić information content (AvgIpc) is 2.65. The number of anilines is 2. The van der Waals surface area contributed by atoms with E-state index in [4.69, 9.17) is 5.73 Å². The summed E-state index contributed by atoms with van der Waals surface area (Å²) >= 11 is 1.13. The summed E-state index contributed by atoms with van der Waals surface area (Å²) in [5.41, 5.74) is 5.96. The van der Waals surface area contributed by atoms with Crippen LogP contribution in [0.1, 0.15) is 10.4 Å². The fourth-order valence-electron chi connectivity index (χ4n) is 1.04.